The molecule has 0 bridgehead atoms. The third-order valence-corrected chi connectivity index (χ3v) is 3.55. The molecule has 2 nitrogen and oxygen atoms in total. The first-order valence-corrected chi connectivity index (χ1v) is 6.61. The van der Waals surface area contributed by atoms with Crippen molar-refractivity contribution in [3.63, 3.8) is 0 Å². The smallest absolute Gasteiger partial charge is 0.123 e. The fourth-order valence-electron chi connectivity index (χ4n) is 1.72. The first-order valence-electron chi connectivity index (χ1n) is 5.81. The van der Waals surface area contributed by atoms with Crippen LogP contribution in [0.2, 0.25) is 0 Å². The number of ether oxygens (including phenoxy) is 2. The van der Waals surface area contributed by atoms with Crippen molar-refractivity contribution in [3.8, 4) is 11.5 Å². The van der Waals surface area contributed by atoms with Crippen molar-refractivity contribution in [2.45, 2.75) is 13.5 Å². The van der Waals surface area contributed by atoms with E-state index in [0.717, 1.165) is 21.3 Å². The predicted octanol–water partition coefficient (Wildman–Crippen LogP) is 4.48. The first kappa shape index (κ1) is 13.9. The van der Waals surface area contributed by atoms with E-state index in [9.17, 15) is 4.39 Å². The van der Waals surface area contributed by atoms with Crippen LogP contribution in [0.1, 0.15) is 11.1 Å². The van der Waals surface area contributed by atoms with Gasteiger partial charge in [0.25, 0.3) is 0 Å². The van der Waals surface area contributed by atoms with Gasteiger partial charge in [-0.25, -0.2) is 4.39 Å². The van der Waals surface area contributed by atoms with E-state index in [0.29, 0.717) is 12.4 Å². The number of hydrogen-bond donors (Lipinski definition) is 0. The van der Waals surface area contributed by atoms with Crippen LogP contribution in [0, 0.1) is 12.7 Å². The zero-order chi connectivity index (χ0) is 13.8. The highest BCUT2D eigenvalue weighted by Gasteiger charge is 2.05. The lowest BCUT2D eigenvalue weighted by molar-refractivity contribution is 0.302. The van der Waals surface area contributed by atoms with Gasteiger partial charge in [-0.1, -0.05) is 15.9 Å². The molecule has 0 N–H and O–H groups in total. The lowest BCUT2D eigenvalue weighted by Gasteiger charge is -2.11. The zero-order valence-corrected chi connectivity index (χ0v) is 12.3. The molecule has 2 rings (SSSR count). The predicted molar refractivity (Wildman–Crippen MR) is 76.2 cm³/mol. The van der Waals surface area contributed by atoms with Crippen molar-refractivity contribution in [2.75, 3.05) is 7.11 Å². The molecule has 0 unspecified atom stereocenters. The Morgan fingerprint density at radius 3 is 2.63 bits per heavy atom. The summed E-state index contributed by atoms with van der Waals surface area (Å²) in [5.41, 5.74) is 1.75. The molecule has 0 fully saturated rings. The lowest BCUT2D eigenvalue weighted by atomic mass is 10.2. The zero-order valence-electron chi connectivity index (χ0n) is 10.7. The summed E-state index contributed by atoms with van der Waals surface area (Å²) in [5, 5.41) is 0. The molecule has 100 valence electrons. The molecule has 2 aromatic rings. The summed E-state index contributed by atoms with van der Waals surface area (Å²) in [6, 6.07) is 10.2. The summed E-state index contributed by atoms with van der Waals surface area (Å²) in [4.78, 5) is 0. The third kappa shape index (κ3) is 3.47. The molecule has 0 spiro atoms. The maximum atomic E-state index is 13.0. The highest BCUT2D eigenvalue weighted by molar-refractivity contribution is 9.10. The van der Waals surface area contributed by atoms with Gasteiger partial charge in [0.2, 0.25) is 0 Å². The minimum Gasteiger partial charge on any atom is -0.497 e. The molecule has 0 aliphatic heterocycles. The fourth-order valence-corrected chi connectivity index (χ4v) is 2.08. The normalized spacial score (nSPS) is 10.3. The Hall–Kier alpha value is -1.55. The molecule has 0 aliphatic carbocycles. The largest absolute Gasteiger partial charge is 0.497 e. The van der Waals surface area contributed by atoms with E-state index in [4.69, 9.17) is 9.47 Å². The van der Waals surface area contributed by atoms with E-state index in [1.54, 1.807) is 13.2 Å². The molecule has 4 heteroatoms. The second kappa shape index (κ2) is 6.06. The Kier molecular flexibility index (Phi) is 4.43. The van der Waals surface area contributed by atoms with Crippen LogP contribution in [-0.2, 0) is 6.61 Å². The van der Waals surface area contributed by atoms with E-state index in [2.05, 4.69) is 15.9 Å². The van der Waals surface area contributed by atoms with Gasteiger partial charge >= 0.3 is 0 Å². The SMILES string of the molecule is COc1ccc(Br)c(COc2ccc(F)cc2C)c1. The van der Waals surface area contributed by atoms with Crippen molar-refractivity contribution in [1.82, 2.24) is 0 Å². The van der Waals surface area contributed by atoms with Crippen LogP contribution in [-0.4, -0.2) is 7.11 Å². The monoisotopic (exact) mass is 324 g/mol. The second-order valence-corrected chi connectivity index (χ2v) is 5.01. The maximum Gasteiger partial charge on any atom is 0.123 e. The molecule has 0 heterocycles. The van der Waals surface area contributed by atoms with Crippen molar-refractivity contribution < 1.29 is 13.9 Å². The van der Waals surface area contributed by atoms with Gasteiger partial charge in [-0.05, 0) is 48.9 Å². The van der Waals surface area contributed by atoms with Gasteiger partial charge < -0.3 is 9.47 Å². The number of aryl methyl sites for hydroxylation is 1. The van der Waals surface area contributed by atoms with Crippen LogP contribution >= 0.6 is 15.9 Å². The number of halogens is 2. The van der Waals surface area contributed by atoms with Crippen LogP contribution in [0.4, 0.5) is 4.39 Å². The van der Waals surface area contributed by atoms with Crippen molar-refractivity contribution >= 4 is 15.9 Å². The van der Waals surface area contributed by atoms with Gasteiger partial charge in [-0.15, -0.1) is 0 Å². The molecule has 0 amide bonds. The van der Waals surface area contributed by atoms with Gasteiger partial charge in [0, 0.05) is 10.0 Å². The molecule has 0 saturated carbocycles. The van der Waals surface area contributed by atoms with Crippen LogP contribution in [0.5, 0.6) is 11.5 Å². The fraction of sp³-hybridized carbons (Fsp3) is 0.200. The average molecular weight is 325 g/mol. The molecular weight excluding hydrogens is 311 g/mol. The van der Waals surface area contributed by atoms with Gasteiger partial charge in [-0.2, -0.15) is 0 Å². The third-order valence-electron chi connectivity index (χ3n) is 2.77. The second-order valence-electron chi connectivity index (χ2n) is 4.16. The van der Waals surface area contributed by atoms with Gasteiger partial charge in [-0.3, -0.25) is 0 Å². The number of hydrogen-bond acceptors (Lipinski definition) is 2. The van der Waals surface area contributed by atoms with E-state index in [1.807, 2.05) is 25.1 Å². The van der Waals surface area contributed by atoms with Crippen LogP contribution in [0.15, 0.2) is 40.9 Å². The van der Waals surface area contributed by atoms with Crippen LogP contribution in [0.25, 0.3) is 0 Å². The molecule has 0 saturated heterocycles. The summed E-state index contributed by atoms with van der Waals surface area (Å²) in [6.07, 6.45) is 0. The lowest BCUT2D eigenvalue weighted by Crippen LogP contribution is -1.99. The minimum atomic E-state index is -0.257. The highest BCUT2D eigenvalue weighted by atomic mass is 79.9. The van der Waals surface area contributed by atoms with E-state index in [1.165, 1.54) is 12.1 Å². The number of benzene rings is 2. The summed E-state index contributed by atoms with van der Waals surface area (Å²) in [7, 11) is 1.62. The molecule has 2 aromatic carbocycles. The van der Waals surface area contributed by atoms with Crippen molar-refractivity contribution in [3.05, 3.63) is 57.8 Å². The van der Waals surface area contributed by atoms with Gasteiger partial charge in [0.15, 0.2) is 0 Å². The molecule has 0 atom stereocenters. The number of methoxy groups -OCH3 is 1. The minimum absolute atomic E-state index is 0.257. The van der Waals surface area contributed by atoms with Crippen molar-refractivity contribution in [1.29, 1.82) is 0 Å². The van der Waals surface area contributed by atoms with Gasteiger partial charge in [0.1, 0.15) is 23.9 Å². The molecule has 0 radical (unpaired) electrons. The van der Waals surface area contributed by atoms with Gasteiger partial charge in [0.05, 0.1) is 7.11 Å². The summed E-state index contributed by atoms with van der Waals surface area (Å²) >= 11 is 3.47. The quantitative estimate of drug-likeness (QED) is 0.825. The van der Waals surface area contributed by atoms with E-state index >= 15 is 0 Å². The standard InChI is InChI=1S/C15H14BrFO2/c1-10-7-12(17)3-6-15(10)19-9-11-8-13(18-2)4-5-14(11)16/h3-8H,9H2,1-2H3. The van der Waals surface area contributed by atoms with E-state index < -0.39 is 0 Å². The summed E-state index contributed by atoms with van der Waals surface area (Å²) < 4.78 is 24.8. The van der Waals surface area contributed by atoms with Crippen LogP contribution in [0.3, 0.4) is 0 Å². The van der Waals surface area contributed by atoms with E-state index in [-0.39, 0.29) is 5.82 Å². The Morgan fingerprint density at radius 1 is 1.16 bits per heavy atom. The Bertz CT molecular complexity index is 584. The first-order chi connectivity index (χ1) is 9.10. The van der Waals surface area contributed by atoms with Crippen LogP contribution < -0.4 is 9.47 Å². The van der Waals surface area contributed by atoms with Crippen molar-refractivity contribution in [2.24, 2.45) is 0 Å². The molecule has 0 aromatic heterocycles. The topological polar surface area (TPSA) is 18.5 Å². The highest BCUT2D eigenvalue weighted by Crippen LogP contribution is 2.25. The summed E-state index contributed by atoms with van der Waals surface area (Å²) in [5.74, 6) is 1.20. The molecular formula is C15H14BrFO2. The molecule has 0 aliphatic rings. The molecule has 19 heavy (non-hydrogen) atoms. The Morgan fingerprint density at radius 2 is 1.95 bits per heavy atom. The maximum absolute atomic E-state index is 13.0. The number of rotatable bonds is 4. The Labute approximate surface area is 120 Å². The average Bonchev–Trinajstić information content (AvgIpc) is 2.39. The summed E-state index contributed by atoms with van der Waals surface area (Å²) in [6.45, 7) is 2.21. The Balaban J connectivity index is 2.14.